The van der Waals surface area contributed by atoms with Crippen molar-refractivity contribution in [2.24, 2.45) is 0 Å². The van der Waals surface area contributed by atoms with E-state index >= 15 is 0 Å². The molecule has 61 heavy (non-hydrogen) atoms. The molecule has 5 amide bonds. The number of rotatable bonds is 8. The lowest BCUT2D eigenvalue weighted by atomic mass is 9.88. The monoisotopic (exact) mass is 845 g/mol. The van der Waals surface area contributed by atoms with Crippen molar-refractivity contribution in [3.63, 3.8) is 0 Å². The van der Waals surface area contributed by atoms with Crippen LogP contribution in [-0.4, -0.2) is 76.6 Å². The van der Waals surface area contributed by atoms with Gasteiger partial charge in [-0.1, -0.05) is 35.9 Å². The molecular weight excluding hydrogens is 802 g/mol. The smallest absolute Gasteiger partial charge is 0.416 e. The molecule has 1 atom stereocenters. The Labute approximate surface area is 355 Å². The molecule has 2 saturated carbocycles. The number of nitrogens with one attached hydrogen (secondary N) is 4. The summed E-state index contributed by atoms with van der Waals surface area (Å²) in [5.41, 5.74) is 5.09. The number of benzene rings is 1. The van der Waals surface area contributed by atoms with Crippen molar-refractivity contribution in [2.75, 3.05) is 15.5 Å². The SMILES string of the molecule is CC(C)(C)OC(=O)N(c1cc(Cl)nc2c(/C=C3\CC(=O)NC3=O)cnn12)C1CC1.O=C1C/C(=C\c2cnn3c(NC4CC4)cc(NC4CCCc5ccccc54)nc23)C(=O)N1. The summed E-state index contributed by atoms with van der Waals surface area (Å²) in [7, 11) is 0. The van der Waals surface area contributed by atoms with Gasteiger partial charge in [0.05, 0.1) is 31.3 Å². The van der Waals surface area contributed by atoms with Crippen molar-refractivity contribution in [3.05, 3.63) is 87.3 Å². The van der Waals surface area contributed by atoms with Crippen LogP contribution in [0.4, 0.5) is 22.2 Å². The Kier molecular flexibility index (Phi) is 10.3. The van der Waals surface area contributed by atoms with Gasteiger partial charge in [0.1, 0.15) is 28.2 Å². The Bertz CT molecular complexity index is 2710. The first-order chi connectivity index (χ1) is 29.3. The first-order valence-corrected chi connectivity index (χ1v) is 20.8. The lowest BCUT2D eigenvalue weighted by Gasteiger charge is -2.27. The average Bonchev–Trinajstić information content (AvgIpc) is 4.07. The molecule has 314 valence electrons. The molecule has 10 rings (SSSR count). The molecule has 4 fully saturated rings. The number of fused-ring (bicyclic) bond motifs is 3. The third-order valence-electron chi connectivity index (χ3n) is 10.8. The largest absolute Gasteiger partial charge is 0.443 e. The highest BCUT2D eigenvalue weighted by Gasteiger charge is 2.38. The van der Waals surface area contributed by atoms with Gasteiger partial charge in [0.15, 0.2) is 11.3 Å². The molecule has 17 nitrogen and oxygen atoms in total. The van der Waals surface area contributed by atoms with E-state index in [-0.39, 0.29) is 47.8 Å². The van der Waals surface area contributed by atoms with E-state index in [9.17, 15) is 24.0 Å². The summed E-state index contributed by atoms with van der Waals surface area (Å²) < 4.78 is 8.84. The van der Waals surface area contributed by atoms with Crippen LogP contribution in [0.2, 0.25) is 5.15 Å². The Morgan fingerprint density at radius 3 is 2.10 bits per heavy atom. The maximum absolute atomic E-state index is 12.9. The van der Waals surface area contributed by atoms with Crippen LogP contribution < -0.4 is 26.2 Å². The average molecular weight is 846 g/mol. The zero-order valence-electron chi connectivity index (χ0n) is 33.8. The number of carbonyl (C=O) groups excluding carboxylic acids is 5. The number of halogens is 1. The summed E-state index contributed by atoms with van der Waals surface area (Å²) in [6.07, 6.45) is 13.4. The molecule has 4 N–H and O–H groups in total. The molecule has 4 aromatic heterocycles. The number of ether oxygens (including phenoxy) is 1. The van der Waals surface area contributed by atoms with Crippen molar-refractivity contribution in [3.8, 4) is 0 Å². The number of hydrogen-bond acceptors (Lipinski definition) is 12. The van der Waals surface area contributed by atoms with Crippen LogP contribution in [-0.2, 0) is 30.3 Å². The van der Waals surface area contributed by atoms with Gasteiger partial charge in [-0.05, 0) is 89.0 Å². The fourth-order valence-corrected chi connectivity index (χ4v) is 7.85. The van der Waals surface area contributed by atoms with Gasteiger partial charge in [0.2, 0.25) is 11.8 Å². The van der Waals surface area contributed by atoms with Crippen molar-refractivity contribution >= 4 is 82.2 Å². The molecule has 0 spiro atoms. The predicted molar refractivity (Wildman–Crippen MR) is 227 cm³/mol. The van der Waals surface area contributed by atoms with E-state index in [2.05, 4.69) is 60.7 Å². The zero-order chi connectivity index (χ0) is 42.6. The molecule has 18 heteroatoms. The summed E-state index contributed by atoms with van der Waals surface area (Å²) in [5.74, 6) is 0.668. The maximum atomic E-state index is 12.9. The van der Waals surface area contributed by atoms with Crippen LogP contribution in [0.15, 0.2) is 59.9 Å². The molecule has 3 aliphatic carbocycles. The van der Waals surface area contributed by atoms with E-state index in [0.29, 0.717) is 39.9 Å². The van der Waals surface area contributed by atoms with Crippen LogP contribution >= 0.6 is 11.6 Å². The second-order valence-corrected chi connectivity index (χ2v) is 17.3. The van der Waals surface area contributed by atoms with E-state index in [1.54, 1.807) is 54.6 Å². The standard InChI is InChI=1S/C24H24N6O2.C19H20ClN5O4/c31-22-11-15(24(32)29-22)10-16-13-25-30-21(26-17-8-9-17)12-20(28-23(16)30)27-19-7-3-5-14-4-1-2-6-18(14)19;1-19(2,3)29-18(28)24(12-4-5-12)15-8-13(20)22-16-11(9-21-25(15)16)6-10-7-14(26)23-17(10)27/h1-2,4,6,10,12-13,17,19,26H,3,5,7-9,11H2,(H,27,28)(H,29,31,32);6,8-9,12H,4-5,7H2,1-3H3,(H,23,26,27)/b15-10+;10-6+. The molecule has 5 aliphatic rings. The molecule has 5 aromatic rings. The summed E-state index contributed by atoms with van der Waals surface area (Å²) in [5, 5.41) is 20.8. The molecule has 0 bridgehead atoms. The van der Waals surface area contributed by atoms with Gasteiger partial charge in [-0.15, -0.1) is 0 Å². The van der Waals surface area contributed by atoms with Crippen LogP contribution in [0.1, 0.15) is 100 Å². The van der Waals surface area contributed by atoms with Crippen LogP contribution in [0.25, 0.3) is 23.4 Å². The quantitative estimate of drug-likeness (QED) is 0.0814. The van der Waals surface area contributed by atoms with Crippen LogP contribution in [0, 0.1) is 0 Å². The van der Waals surface area contributed by atoms with Gasteiger partial charge in [-0.3, -0.25) is 34.7 Å². The molecular formula is C43H44ClN11O6. The van der Waals surface area contributed by atoms with Crippen molar-refractivity contribution in [2.45, 2.75) is 102 Å². The van der Waals surface area contributed by atoms with E-state index in [1.165, 1.54) is 21.8 Å². The Hall–Kier alpha value is -6.62. The lowest BCUT2D eigenvalue weighted by molar-refractivity contribution is -0.125. The van der Waals surface area contributed by atoms with Gasteiger partial charge < -0.3 is 15.4 Å². The fraction of sp³-hybridized carbons (Fsp3) is 0.372. The van der Waals surface area contributed by atoms with E-state index in [1.807, 2.05) is 6.07 Å². The normalized spacial score (nSPS) is 20.1. The number of anilines is 3. The topological polar surface area (TPSA) is 206 Å². The van der Waals surface area contributed by atoms with Crippen molar-refractivity contribution in [1.29, 1.82) is 0 Å². The number of imide groups is 2. The van der Waals surface area contributed by atoms with Gasteiger partial charge in [0.25, 0.3) is 11.8 Å². The van der Waals surface area contributed by atoms with Gasteiger partial charge in [-0.2, -0.15) is 19.2 Å². The zero-order valence-corrected chi connectivity index (χ0v) is 34.6. The van der Waals surface area contributed by atoms with Gasteiger partial charge in [-0.25, -0.2) is 14.8 Å². The van der Waals surface area contributed by atoms with Gasteiger partial charge in [0, 0.05) is 46.5 Å². The lowest BCUT2D eigenvalue weighted by Crippen LogP contribution is -2.39. The number of amides is 5. The third kappa shape index (κ3) is 8.68. The van der Waals surface area contributed by atoms with E-state index in [4.69, 9.17) is 21.3 Å². The number of hydrogen-bond donors (Lipinski definition) is 4. The summed E-state index contributed by atoms with van der Waals surface area (Å²) in [4.78, 5) is 70.5. The Morgan fingerprint density at radius 1 is 0.852 bits per heavy atom. The second-order valence-electron chi connectivity index (χ2n) is 16.9. The van der Waals surface area contributed by atoms with Crippen LogP contribution in [0.5, 0.6) is 0 Å². The first kappa shape index (κ1) is 39.8. The highest BCUT2D eigenvalue weighted by atomic mass is 35.5. The molecule has 2 saturated heterocycles. The third-order valence-corrected chi connectivity index (χ3v) is 11.0. The molecule has 0 radical (unpaired) electrons. The van der Waals surface area contributed by atoms with Crippen molar-refractivity contribution < 1.29 is 28.7 Å². The summed E-state index contributed by atoms with van der Waals surface area (Å²) in [6.45, 7) is 5.41. The highest BCUT2D eigenvalue weighted by Crippen LogP contribution is 2.36. The number of carbonyl (C=O) groups is 5. The fourth-order valence-electron chi connectivity index (χ4n) is 7.68. The molecule has 1 unspecified atom stereocenters. The van der Waals surface area contributed by atoms with Crippen molar-refractivity contribution in [1.82, 2.24) is 39.8 Å². The van der Waals surface area contributed by atoms with E-state index in [0.717, 1.165) is 62.1 Å². The van der Waals surface area contributed by atoms with E-state index < -0.39 is 17.6 Å². The first-order valence-electron chi connectivity index (χ1n) is 20.4. The van der Waals surface area contributed by atoms with Gasteiger partial charge >= 0.3 is 6.09 Å². The predicted octanol–water partition coefficient (Wildman–Crippen LogP) is 5.94. The highest BCUT2D eigenvalue weighted by molar-refractivity contribution is 6.30. The van der Waals surface area contributed by atoms with Crippen LogP contribution in [0.3, 0.4) is 0 Å². The Morgan fingerprint density at radius 2 is 1.49 bits per heavy atom. The molecule has 6 heterocycles. The number of nitrogens with zero attached hydrogens (tertiary/aromatic N) is 7. The summed E-state index contributed by atoms with van der Waals surface area (Å²) in [6, 6.07) is 12.8. The number of aryl methyl sites for hydroxylation is 1. The Balaban J connectivity index is 0.000000157. The minimum atomic E-state index is -0.651. The maximum Gasteiger partial charge on any atom is 0.416 e. The summed E-state index contributed by atoms with van der Waals surface area (Å²) >= 11 is 6.24. The second kappa shape index (κ2) is 15.8. The molecule has 1 aromatic carbocycles. The number of aromatic nitrogens is 6. The minimum absolute atomic E-state index is 0.00393. The molecule has 2 aliphatic heterocycles. The minimum Gasteiger partial charge on any atom is -0.443 e.